The average molecular weight is 328 g/mol. The molecule has 0 atom stereocenters. The molecule has 0 spiro atoms. The Bertz CT molecular complexity index is 496. The summed E-state index contributed by atoms with van der Waals surface area (Å²) in [5.74, 6) is -0.177. The lowest BCUT2D eigenvalue weighted by atomic mass is 10.3. The highest BCUT2D eigenvalue weighted by atomic mass is 79.9. The molecule has 0 radical (unpaired) electrons. The Morgan fingerprint density at radius 3 is 2.89 bits per heavy atom. The predicted octanol–water partition coefficient (Wildman–Crippen LogP) is 1.79. The molecule has 0 saturated carbocycles. The Morgan fingerprint density at radius 1 is 1.47 bits per heavy atom. The van der Waals surface area contributed by atoms with Crippen LogP contribution in [0.3, 0.4) is 0 Å². The highest BCUT2D eigenvalue weighted by Crippen LogP contribution is 2.21. The van der Waals surface area contributed by atoms with Crippen LogP contribution in [0.1, 0.15) is 36.8 Å². The minimum absolute atomic E-state index is 0.0866. The molecule has 1 saturated heterocycles. The summed E-state index contributed by atoms with van der Waals surface area (Å²) in [5, 5.41) is 2.77. The van der Waals surface area contributed by atoms with Crippen molar-refractivity contribution < 1.29 is 9.59 Å². The molecule has 0 bridgehead atoms. The molecular formula is C13H18BrN3O2. The van der Waals surface area contributed by atoms with Crippen LogP contribution in [0, 0.1) is 0 Å². The molecule has 2 heterocycles. The number of carbonyl (C=O) groups excluding carboxylic acids is 2. The van der Waals surface area contributed by atoms with E-state index in [0.717, 1.165) is 10.9 Å². The van der Waals surface area contributed by atoms with Crippen molar-refractivity contribution in [3.63, 3.8) is 0 Å². The van der Waals surface area contributed by atoms with Crippen LogP contribution >= 0.6 is 15.9 Å². The van der Waals surface area contributed by atoms with E-state index in [-0.39, 0.29) is 24.4 Å². The lowest BCUT2D eigenvalue weighted by Gasteiger charge is -2.21. The lowest BCUT2D eigenvalue weighted by molar-refractivity contribution is -0.121. The summed E-state index contributed by atoms with van der Waals surface area (Å²) in [4.78, 5) is 25.7. The molecule has 1 N–H and O–H groups in total. The number of nitrogens with one attached hydrogen (secondary N) is 1. The van der Waals surface area contributed by atoms with Crippen LogP contribution in [0.5, 0.6) is 0 Å². The molecule has 0 aliphatic carbocycles. The average Bonchev–Trinajstić information content (AvgIpc) is 2.61. The van der Waals surface area contributed by atoms with Crippen molar-refractivity contribution in [3.05, 3.63) is 22.4 Å². The Morgan fingerprint density at radius 2 is 2.21 bits per heavy atom. The highest BCUT2D eigenvalue weighted by Gasteiger charge is 2.24. The predicted molar refractivity (Wildman–Crippen MR) is 76.0 cm³/mol. The van der Waals surface area contributed by atoms with E-state index in [2.05, 4.69) is 21.2 Å². The van der Waals surface area contributed by atoms with E-state index < -0.39 is 0 Å². The second kappa shape index (κ2) is 5.77. The van der Waals surface area contributed by atoms with Crippen LogP contribution in [0.15, 0.2) is 16.7 Å². The van der Waals surface area contributed by atoms with Crippen LogP contribution in [-0.4, -0.2) is 40.9 Å². The lowest BCUT2D eigenvalue weighted by Crippen LogP contribution is -2.38. The van der Waals surface area contributed by atoms with Gasteiger partial charge in [-0.05, 0) is 42.3 Å². The molecule has 2 amide bonds. The van der Waals surface area contributed by atoms with Gasteiger partial charge >= 0.3 is 0 Å². The van der Waals surface area contributed by atoms with Gasteiger partial charge in [-0.25, -0.2) is 0 Å². The summed E-state index contributed by atoms with van der Waals surface area (Å²) in [6.07, 6.45) is 2.69. The van der Waals surface area contributed by atoms with Crippen LogP contribution in [0.25, 0.3) is 0 Å². The number of aromatic nitrogens is 1. The van der Waals surface area contributed by atoms with E-state index in [1.54, 1.807) is 4.90 Å². The first-order valence-corrected chi connectivity index (χ1v) is 7.21. The second-order valence-corrected chi connectivity index (χ2v) is 5.89. The third-order valence-electron chi connectivity index (χ3n) is 3.14. The molecular weight excluding hydrogens is 310 g/mol. The maximum Gasteiger partial charge on any atom is 0.270 e. The van der Waals surface area contributed by atoms with Gasteiger partial charge in [-0.2, -0.15) is 0 Å². The summed E-state index contributed by atoms with van der Waals surface area (Å²) < 4.78 is 2.80. The van der Waals surface area contributed by atoms with E-state index in [4.69, 9.17) is 0 Å². The SMILES string of the molecule is CC(C)n1cc(Br)cc1C(=O)N1CCCNC(=O)C1. The van der Waals surface area contributed by atoms with Gasteiger partial charge in [0.1, 0.15) is 5.69 Å². The fourth-order valence-electron chi connectivity index (χ4n) is 2.19. The van der Waals surface area contributed by atoms with Crippen molar-refractivity contribution in [1.82, 2.24) is 14.8 Å². The monoisotopic (exact) mass is 327 g/mol. The Balaban J connectivity index is 2.25. The van der Waals surface area contributed by atoms with E-state index in [0.29, 0.717) is 18.8 Å². The van der Waals surface area contributed by atoms with Crippen molar-refractivity contribution in [3.8, 4) is 0 Å². The van der Waals surface area contributed by atoms with Crippen LogP contribution < -0.4 is 5.32 Å². The van der Waals surface area contributed by atoms with Gasteiger partial charge in [-0.3, -0.25) is 9.59 Å². The van der Waals surface area contributed by atoms with Crippen LogP contribution in [0.4, 0.5) is 0 Å². The fraction of sp³-hybridized carbons (Fsp3) is 0.538. The van der Waals surface area contributed by atoms with Gasteiger partial charge in [-0.15, -0.1) is 0 Å². The number of halogens is 1. The molecule has 2 rings (SSSR count). The molecule has 19 heavy (non-hydrogen) atoms. The molecule has 5 nitrogen and oxygen atoms in total. The van der Waals surface area contributed by atoms with Gasteiger partial charge in [0.25, 0.3) is 5.91 Å². The van der Waals surface area contributed by atoms with Gasteiger partial charge in [0, 0.05) is 29.8 Å². The maximum atomic E-state index is 12.5. The molecule has 1 fully saturated rings. The van der Waals surface area contributed by atoms with Crippen molar-refractivity contribution in [2.24, 2.45) is 0 Å². The third-order valence-corrected chi connectivity index (χ3v) is 3.57. The van der Waals surface area contributed by atoms with Crippen molar-refractivity contribution in [1.29, 1.82) is 0 Å². The molecule has 1 aromatic heterocycles. The first-order valence-electron chi connectivity index (χ1n) is 6.42. The van der Waals surface area contributed by atoms with Crippen molar-refractivity contribution >= 4 is 27.7 Å². The Hall–Kier alpha value is -1.30. The number of nitrogens with zero attached hydrogens (tertiary/aromatic N) is 2. The number of amides is 2. The number of rotatable bonds is 2. The zero-order valence-electron chi connectivity index (χ0n) is 11.1. The second-order valence-electron chi connectivity index (χ2n) is 4.97. The van der Waals surface area contributed by atoms with E-state index in [1.807, 2.05) is 30.7 Å². The molecule has 6 heteroatoms. The van der Waals surface area contributed by atoms with E-state index >= 15 is 0 Å². The first kappa shape index (κ1) is 14.1. The number of hydrogen-bond acceptors (Lipinski definition) is 2. The zero-order valence-corrected chi connectivity index (χ0v) is 12.7. The minimum Gasteiger partial charge on any atom is -0.354 e. The van der Waals surface area contributed by atoms with Crippen LogP contribution in [0.2, 0.25) is 0 Å². The molecule has 1 aliphatic rings. The summed E-state index contributed by atoms with van der Waals surface area (Å²) in [6, 6.07) is 2.01. The van der Waals surface area contributed by atoms with E-state index in [1.165, 1.54) is 0 Å². The molecule has 1 aromatic rings. The summed E-state index contributed by atoms with van der Waals surface area (Å²) >= 11 is 3.40. The standard InChI is InChI=1S/C13H18BrN3O2/c1-9(2)17-7-10(14)6-11(17)13(19)16-5-3-4-15-12(18)8-16/h6-7,9H,3-5,8H2,1-2H3,(H,15,18). The smallest absolute Gasteiger partial charge is 0.270 e. The molecule has 0 aromatic carbocycles. The normalized spacial score (nSPS) is 16.4. The Kier molecular flexibility index (Phi) is 4.29. The molecule has 104 valence electrons. The number of carbonyl (C=O) groups is 2. The Labute approximate surface area is 121 Å². The fourth-order valence-corrected chi connectivity index (χ4v) is 2.62. The van der Waals surface area contributed by atoms with Gasteiger partial charge in [0.05, 0.1) is 6.54 Å². The minimum atomic E-state index is -0.0902. The summed E-state index contributed by atoms with van der Waals surface area (Å²) in [5.41, 5.74) is 0.622. The van der Waals surface area contributed by atoms with Crippen molar-refractivity contribution in [2.75, 3.05) is 19.6 Å². The van der Waals surface area contributed by atoms with Gasteiger partial charge in [-0.1, -0.05) is 0 Å². The number of hydrogen-bond donors (Lipinski definition) is 1. The topological polar surface area (TPSA) is 54.3 Å². The summed E-state index contributed by atoms with van der Waals surface area (Å²) in [6.45, 7) is 5.44. The van der Waals surface area contributed by atoms with Gasteiger partial charge in [0.15, 0.2) is 0 Å². The third kappa shape index (κ3) is 3.18. The van der Waals surface area contributed by atoms with E-state index in [9.17, 15) is 9.59 Å². The molecule has 0 unspecified atom stereocenters. The quantitative estimate of drug-likeness (QED) is 0.900. The maximum absolute atomic E-state index is 12.5. The molecule has 1 aliphatic heterocycles. The van der Waals surface area contributed by atoms with Crippen LogP contribution in [-0.2, 0) is 4.79 Å². The zero-order chi connectivity index (χ0) is 14.0. The first-order chi connectivity index (χ1) is 8.99. The summed E-state index contributed by atoms with van der Waals surface area (Å²) in [7, 11) is 0. The largest absolute Gasteiger partial charge is 0.354 e. The van der Waals surface area contributed by atoms with Crippen molar-refractivity contribution in [2.45, 2.75) is 26.3 Å². The van der Waals surface area contributed by atoms with Gasteiger partial charge < -0.3 is 14.8 Å². The highest BCUT2D eigenvalue weighted by molar-refractivity contribution is 9.10. The van der Waals surface area contributed by atoms with Gasteiger partial charge in [0.2, 0.25) is 5.91 Å².